The van der Waals surface area contributed by atoms with Crippen LogP contribution in [0, 0.1) is 6.92 Å². The fourth-order valence-electron chi connectivity index (χ4n) is 1.71. The molecule has 0 aliphatic rings. The molecular weight excluding hydrogens is 294 g/mol. The quantitative estimate of drug-likeness (QED) is 0.809. The molecule has 3 nitrogen and oxygen atoms in total. The molecule has 0 aliphatic carbocycles. The third kappa shape index (κ3) is 3.46. The van der Waals surface area contributed by atoms with Crippen molar-refractivity contribution in [2.75, 3.05) is 0 Å². The van der Waals surface area contributed by atoms with Gasteiger partial charge in [0, 0.05) is 5.02 Å². The van der Waals surface area contributed by atoms with Gasteiger partial charge < -0.3 is 0 Å². The van der Waals surface area contributed by atoms with Crippen molar-refractivity contribution >= 4 is 27.3 Å². The number of sulfonamides is 1. The van der Waals surface area contributed by atoms with E-state index in [2.05, 4.69) is 4.40 Å². The van der Waals surface area contributed by atoms with Crippen molar-refractivity contribution in [3.05, 3.63) is 64.7 Å². The Morgan fingerprint density at radius 2 is 1.75 bits per heavy atom. The Labute approximate surface area is 124 Å². The number of nitrogens with zero attached hydrogens (tertiary/aromatic N) is 1. The second-order valence-electron chi connectivity index (χ2n) is 4.48. The average Bonchev–Trinajstić information content (AvgIpc) is 2.38. The van der Waals surface area contributed by atoms with Crippen molar-refractivity contribution in [3.8, 4) is 0 Å². The summed E-state index contributed by atoms with van der Waals surface area (Å²) in [5, 5.41) is 0.546. The summed E-state index contributed by atoms with van der Waals surface area (Å²) in [6.07, 6.45) is 0. The zero-order valence-corrected chi connectivity index (χ0v) is 12.7. The van der Waals surface area contributed by atoms with Gasteiger partial charge in [-0.05, 0) is 43.7 Å². The van der Waals surface area contributed by atoms with Crippen molar-refractivity contribution in [1.82, 2.24) is 0 Å². The molecular formula is C15H14ClNO2S. The van der Waals surface area contributed by atoms with E-state index in [1.807, 2.05) is 6.92 Å². The average molecular weight is 308 g/mol. The van der Waals surface area contributed by atoms with Crippen molar-refractivity contribution in [2.24, 2.45) is 4.40 Å². The van der Waals surface area contributed by atoms with Crippen LogP contribution in [0.25, 0.3) is 0 Å². The van der Waals surface area contributed by atoms with Crippen LogP contribution in [0.4, 0.5) is 0 Å². The molecule has 104 valence electrons. The first-order valence-corrected chi connectivity index (χ1v) is 7.84. The third-order valence-corrected chi connectivity index (χ3v) is 4.44. The summed E-state index contributed by atoms with van der Waals surface area (Å²) >= 11 is 5.89. The molecule has 2 rings (SSSR count). The van der Waals surface area contributed by atoms with E-state index in [9.17, 15) is 8.42 Å². The highest BCUT2D eigenvalue weighted by Gasteiger charge is 2.13. The van der Waals surface area contributed by atoms with Gasteiger partial charge in [-0.3, -0.25) is 0 Å². The Kier molecular flexibility index (Phi) is 4.26. The van der Waals surface area contributed by atoms with Crippen LogP contribution in [0.5, 0.6) is 0 Å². The SMILES string of the molecule is C/C(=N/S(=O)(=O)c1ccc(C)cc1)c1cccc(Cl)c1. The second-order valence-corrected chi connectivity index (χ2v) is 6.52. The molecule has 0 fully saturated rings. The molecule has 0 spiro atoms. The monoisotopic (exact) mass is 307 g/mol. The Hall–Kier alpha value is -1.65. The van der Waals surface area contributed by atoms with E-state index in [-0.39, 0.29) is 4.90 Å². The van der Waals surface area contributed by atoms with E-state index in [0.29, 0.717) is 16.3 Å². The highest BCUT2D eigenvalue weighted by molar-refractivity contribution is 7.90. The van der Waals surface area contributed by atoms with E-state index < -0.39 is 10.0 Å². The number of rotatable bonds is 3. The molecule has 0 heterocycles. The highest BCUT2D eigenvalue weighted by Crippen LogP contribution is 2.16. The molecule has 2 aromatic rings. The number of hydrogen-bond donors (Lipinski definition) is 0. The fraction of sp³-hybridized carbons (Fsp3) is 0.133. The van der Waals surface area contributed by atoms with E-state index >= 15 is 0 Å². The van der Waals surface area contributed by atoms with Crippen LogP contribution in [0.2, 0.25) is 5.02 Å². The summed E-state index contributed by atoms with van der Waals surface area (Å²) < 4.78 is 28.2. The van der Waals surface area contributed by atoms with Crippen LogP contribution in [0.3, 0.4) is 0 Å². The maximum atomic E-state index is 12.2. The summed E-state index contributed by atoms with van der Waals surface area (Å²) in [5.41, 5.74) is 2.10. The highest BCUT2D eigenvalue weighted by atomic mass is 35.5. The second kappa shape index (κ2) is 5.77. The third-order valence-electron chi connectivity index (χ3n) is 2.82. The van der Waals surface area contributed by atoms with Gasteiger partial charge in [-0.15, -0.1) is 0 Å². The minimum absolute atomic E-state index is 0.185. The van der Waals surface area contributed by atoms with E-state index in [4.69, 9.17) is 11.6 Å². The number of hydrogen-bond acceptors (Lipinski definition) is 2. The molecule has 0 saturated carbocycles. The van der Waals surface area contributed by atoms with Crippen molar-refractivity contribution in [1.29, 1.82) is 0 Å². The van der Waals surface area contributed by atoms with Gasteiger partial charge in [0.2, 0.25) is 0 Å². The van der Waals surface area contributed by atoms with Crippen molar-refractivity contribution in [3.63, 3.8) is 0 Å². The molecule has 0 aromatic heterocycles. The predicted molar refractivity (Wildman–Crippen MR) is 82.0 cm³/mol. The lowest BCUT2D eigenvalue weighted by Gasteiger charge is -2.03. The smallest absolute Gasteiger partial charge is 0.199 e. The van der Waals surface area contributed by atoms with E-state index in [0.717, 1.165) is 5.56 Å². The van der Waals surface area contributed by atoms with Crippen LogP contribution in [0.15, 0.2) is 57.8 Å². The minimum Gasteiger partial charge on any atom is -0.199 e. The summed E-state index contributed by atoms with van der Waals surface area (Å²) in [7, 11) is -3.69. The maximum Gasteiger partial charge on any atom is 0.282 e. The van der Waals surface area contributed by atoms with Crippen LogP contribution >= 0.6 is 11.6 Å². The van der Waals surface area contributed by atoms with Crippen molar-refractivity contribution < 1.29 is 8.42 Å². The molecule has 0 aliphatic heterocycles. The molecule has 5 heteroatoms. The van der Waals surface area contributed by atoms with Gasteiger partial charge in [-0.1, -0.05) is 41.4 Å². The summed E-state index contributed by atoms with van der Waals surface area (Å²) in [5.74, 6) is 0. The lowest BCUT2D eigenvalue weighted by molar-refractivity contribution is 0.598. The fourth-order valence-corrected chi connectivity index (χ4v) is 2.95. The van der Waals surface area contributed by atoms with Gasteiger partial charge in [0.15, 0.2) is 0 Å². The molecule has 0 saturated heterocycles. The van der Waals surface area contributed by atoms with Gasteiger partial charge in [0.1, 0.15) is 0 Å². The van der Waals surface area contributed by atoms with Gasteiger partial charge in [-0.25, -0.2) is 0 Å². The van der Waals surface area contributed by atoms with Gasteiger partial charge >= 0.3 is 0 Å². The molecule has 2 aromatic carbocycles. The first kappa shape index (κ1) is 14.8. The van der Waals surface area contributed by atoms with Crippen LogP contribution in [-0.2, 0) is 10.0 Å². The minimum atomic E-state index is -3.69. The Bertz CT molecular complexity index is 750. The zero-order chi connectivity index (χ0) is 14.8. The number of benzene rings is 2. The summed E-state index contributed by atoms with van der Waals surface area (Å²) in [6, 6.07) is 13.6. The lowest BCUT2D eigenvalue weighted by atomic mass is 10.1. The predicted octanol–water partition coefficient (Wildman–Crippen LogP) is 3.85. The Morgan fingerprint density at radius 1 is 1.10 bits per heavy atom. The van der Waals surface area contributed by atoms with Crippen LogP contribution < -0.4 is 0 Å². The van der Waals surface area contributed by atoms with E-state index in [1.165, 1.54) is 0 Å². The van der Waals surface area contributed by atoms with Gasteiger partial charge in [0.25, 0.3) is 10.0 Å². The summed E-state index contributed by atoms with van der Waals surface area (Å²) in [4.78, 5) is 0.185. The van der Waals surface area contributed by atoms with Gasteiger partial charge in [0.05, 0.1) is 10.6 Å². The Morgan fingerprint density at radius 3 is 2.35 bits per heavy atom. The largest absolute Gasteiger partial charge is 0.282 e. The molecule has 20 heavy (non-hydrogen) atoms. The maximum absolute atomic E-state index is 12.2. The standard InChI is InChI=1S/C15H14ClNO2S/c1-11-6-8-15(9-7-11)20(18,19)17-12(2)13-4-3-5-14(16)10-13/h3-10H,1-2H3/b17-12-. The lowest BCUT2D eigenvalue weighted by Crippen LogP contribution is -2.03. The Balaban J connectivity index is 2.40. The zero-order valence-electron chi connectivity index (χ0n) is 11.2. The molecule has 0 radical (unpaired) electrons. The van der Waals surface area contributed by atoms with Crippen molar-refractivity contribution in [2.45, 2.75) is 18.7 Å². The topological polar surface area (TPSA) is 46.5 Å². The first-order chi connectivity index (χ1) is 9.38. The van der Waals surface area contributed by atoms with Crippen LogP contribution in [0.1, 0.15) is 18.1 Å². The normalized spacial score (nSPS) is 12.4. The van der Waals surface area contributed by atoms with Gasteiger partial charge in [-0.2, -0.15) is 12.8 Å². The molecule has 0 atom stereocenters. The number of halogens is 1. The number of aryl methyl sites for hydroxylation is 1. The molecule has 0 bridgehead atoms. The molecule has 0 amide bonds. The molecule has 0 N–H and O–H groups in total. The van der Waals surface area contributed by atoms with E-state index in [1.54, 1.807) is 55.5 Å². The summed E-state index contributed by atoms with van der Waals surface area (Å²) in [6.45, 7) is 3.55. The first-order valence-electron chi connectivity index (χ1n) is 6.03. The molecule has 0 unspecified atom stereocenters. The van der Waals surface area contributed by atoms with Crippen LogP contribution in [-0.4, -0.2) is 14.1 Å².